The fourth-order valence-electron chi connectivity index (χ4n) is 4.25. The molecule has 1 aromatic heterocycles. The zero-order valence-electron chi connectivity index (χ0n) is 19.0. The Morgan fingerprint density at radius 3 is 2.32 bits per heavy atom. The van der Waals surface area contributed by atoms with Crippen molar-refractivity contribution in [2.24, 2.45) is 0 Å². The maximum Gasteiger partial charge on any atom is 0.323 e. The third kappa shape index (κ3) is 4.13. The third-order valence-corrected chi connectivity index (χ3v) is 5.87. The van der Waals surface area contributed by atoms with Crippen molar-refractivity contribution in [3.63, 3.8) is 0 Å². The van der Waals surface area contributed by atoms with Crippen LogP contribution in [0, 0.1) is 0 Å². The number of aromatic nitrogens is 1. The molecule has 2 amide bonds. The summed E-state index contributed by atoms with van der Waals surface area (Å²) >= 11 is 0. The molecule has 5 rings (SSSR count). The fraction of sp³-hybridized carbons (Fsp3) is 0.107. The van der Waals surface area contributed by atoms with E-state index in [-0.39, 0.29) is 6.03 Å². The summed E-state index contributed by atoms with van der Waals surface area (Å²) in [6.07, 6.45) is 0. The number of nitrogens with one attached hydrogen (secondary N) is 2. The number of anilines is 2. The first-order valence-electron chi connectivity index (χ1n) is 11.0. The van der Waals surface area contributed by atoms with Gasteiger partial charge in [-0.2, -0.15) is 0 Å². The van der Waals surface area contributed by atoms with Gasteiger partial charge in [0.1, 0.15) is 11.5 Å². The van der Waals surface area contributed by atoms with Gasteiger partial charge in [-0.05, 0) is 42.0 Å². The molecule has 0 unspecified atom stereocenters. The van der Waals surface area contributed by atoms with Crippen LogP contribution < -0.4 is 20.1 Å². The van der Waals surface area contributed by atoms with Gasteiger partial charge in [-0.15, -0.1) is 0 Å². The third-order valence-electron chi connectivity index (χ3n) is 5.87. The minimum atomic E-state index is -0.351. The topological polar surface area (TPSA) is 64.5 Å². The molecule has 34 heavy (non-hydrogen) atoms. The van der Waals surface area contributed by atoms with Crippen LogP contribution in [0.4, 0.5) is 16.2 Å². The van der Waals surface area contributed by atoms with Crippen molar-refractivity contribution in [3.8, 4) is 11.5 Å². The molecule has 4 aromatic carbocycles. The van der Waals surface area contributed by atoms with Crippen molar-refractivity contribution in [1.82, 2.24) is 4.57 Å². The van der Waals surface area contributed by atoms with Gasteiger partial charge in [0.2, 0.25) is 0 Å². The number of rotatable bonds is 6. The molecule has 0 fully saturated rings. The van der Waals surface area contributed by atoms with E-state index in [4.69, 9.17) is 9.47 Å². The van der Waals surface area contributed by atoms with Crippen LogP contribution in [0.1, 0.15) is 5.56 Å². The molecule has 0 radical (unpaired) electrons. The summed E-state index contributed by atoms with van der Waals surface area (Å²) in [7, 11) is 3.14. The van der Waals surface area contributed by atoms with Crippen LogP contribution in [0.25, 0.3) is 21.8 Å². The highest BCUT2D eigenvalue weighted by molar-refractivity contribution is 6.10. The Balaban J connectivity index is 1.44. The predicted octanol–water partition coefficient (Wildman–Crippen LogP) is 6.50. The molecule has 0 aliphatic carbocycles. The maximum absolute atomic E-state index is 12.7. The second kappa shape index (κ2) is 9.19. The Morgan fingerprint density at radius 1 is 0.765 bits per heavy atom. The lowest BCUT2D eigenvalue weighted by Gasteiger charge is -2.13. The molecule has 0 saturated carbocycles. The second-order valence-electron chi connectivity index (χ2n) is 7.97. The number of carbonyl (C=O) groups excluding carboxylic acids is 1. The van der Waals surface area contributed by atoms with E-state index in [0.29, 0.717) is 22.9 Å². The summed E-state index contributed by atoms with van der Waals surface area (Å²) < 4.78 is 12.9. The highest BCUT2D eigenvalue weighted by Crippen LogP contribution is 2.32. The molecule has 0 aliphatic heterocycles. The van der Waals surface area contributed by atoms with Crippen molar-refractivity contribution in [2.45, 2.75) is 6.54 Å². The summed E-state index contributed by atoms with van der Waals surface area (Å²) in [5.41, 5.74) is 4.78. The summed E-state index contributed by atoms with van der Waals surface area (Å²) in [5.74, 6) is 1.18. The Labute approximate surface area is 197 Å². The molecule has 6 nitrogen and oxygen atoms in total. The van der Waals surface area contributed by atoms with Crippen LogP contribution >= 0.6 is 0 Å². The quantitative estimate of drug-likeness (QED) is 0.310. The van der Waals surface area contributed by atoms with E-state index in [0.717, 1.165) is 28.4 Å². The van der Waals surface area contributed by atoms with Crippen LogP contribution in [0.15, 0.2) is 91.0 Å². The van der Waals surface area contributed by atoms with E-state index in [1.54, 1.807) is 32.4 Å². The molecule has 5 aromatic rings. The molecule has 0 bridgehead atoms. The van der Waals surface area contributed by atoms with Gasteiger partial charge in [-0.3, -0.25) is 0 Å². The molecular weight excluding hydrogens is 426 g/mol. The van der Waals surface area contributed by atoms with Gasteiger partial charge < -0.3 is 24.7 Å². The first-order valence-corrected chi connectivity index (χ1v) is 11.0. The van der Waals surface area contributed by atoms with E-state index in [2.05, 4.69) is 63.7 Å². The van der Waals surface area contributed by atoms with Crippen molar-refractivity contribution < 1.29 is 14.3 Å². The normalized spacial score (nSPS) is 10.9. The lowest BCUT2D eigenvalue weighted by atomic mass is 10.1. The largest absolute Gasteiger partial charge is 0.497 e. The number of benzene rings is 4. The smallest absolute Gasteiger partial charge is 0.323 e. The average molecular weight is 452 g/mol. The Morgan fingerprint density at radius 2 is 1.53 bits per heavy atom. The number of hydrogen-bond donors (Lipinski definition) is 2. The fourth-order valence-corrected chi connectivity index (χ4v) is 4.25. The number of ether oxygens (including phenoxy) is 2. The SMILES string of the molecule is COc1ccc(NC(=O)Nc2ccc3c(c2)c2ccccc2n3Cc2ccccc2)c(OC)c1. The molecular formula is C28H25N3O3. The first kappa shape index (κ1) is 21.4. The highest BCUT2D eigenvalue weighted by Gasteiger charge is 2.13. The van der Waals surface area contributed by atoms with Gasteiger partial charge in [0.05, 0.1) is 19.9 Å². The van der Waals surface area contributed by atoms with E-state index >= 15 is 0 Å². The van der Waals surface area contributed by atoms with Gasteiger partial charge in [0, 0.05) is 40.1 Å². The summed E-state index contributed by atoms with van der Waals surface area (Å²) in [4.78, 5) is 12.7. The average Bonchev–Trinajstić information content (AvgIpc) is 3.18. The highest BCUT2D eigenvalue weighted by atomic mass is 16.5. The molecule has 6 heteroatoms. The minimum Gasteiger partial charge on any atom is -0.497 e. The predicted molar refractivity (Wildman–Crippen MR) is 137 cm³/mol. The number of hydrogen-bond acceptors (Lipinski definition) is 3. The summed E-state index contributed by atoms with van der Waals surface area (Å²) in [5, 5.41) is 8.03. The van der Waals surface area contributed by atoms with Gasteiger partial charge in [-0.25, -0.2) is 4.79 Å². The van der Waals surface area contributed by atoms with Crippen LogP contribution in [-0.2, 0) is 6.54 Å². The number of urea groups is 1. The maximum atomic E-state index is 12.7. The standard InChI is InChI=1S/C28H25N3O3/c1-33-21-13-14-24(27(17-21)34-2)30-28(32)29-20-12-15-26-23(16-20)22-10-6-7-11-25(22)31(26)18-19-8-4-3-5-9-19/h3-17H,18H2,1-2H3,(H2,29,30,32). The molecule has 1 heterocycles. The Hall–Kier alpha value is -4.45. The Kier molecular flexibility index (Phi) is 5.79. The second-order valence-corrected chi connectivity index (χ2v) is 7.97. The molecule has 0 spiro atoms. The van der Waals surface area contributed by atoms with E-state index < -0.39 is 0 Å². The molecule has 0 atom stereocenters. The van der Waals surface area contributed by atoms with E-state index in [1.165, 1.54) is 5.56 Å². The lowest BCUT2D eigenvalue weighted by Crippen LogP contribution is -2.19. The van der Waals surface area contributed by atoms with Crippen molar-refractivity contribution in [3.05, 3.63) is 96.6 Å². The molecule has 2 N–H and O–H groups in total. The monoisotopic (exact) mass is 451 g/mol. The number of amides is 2. The molecule has 0 aliphatic rings. The van der Waals surface area contributed by atoms with Crippen LogP contribution in [-0.4, -0.2) is 24.8 Å². The molecule has 0 saturated heterocycles. The Bertz CT molecular complexity index is 1480. The van der Waals surface area contributed by atoms with Crippen molar-refractivity contribution >= 4 is 39.2 Å². The number of methoxy groups -OCH3 is 2. The van der Waals surface area contributed by atoms with Crippen LogP contribution in [0.2, 0.25) is 0 Å². The summed E-state index contributed by atoms with van der Waals surface area (Å²) in [6.45, 7) is 0.773. The number of para-hydroxylation sites is 1. The van der Waals surface area contributed by atoms with Crippen molar-refractivity contribution in [2.75, 3.05) is 24.9 Å². The minimum absolute atomic E-state index is 0.351. The van der Waals surface area contributed by atoms with Crippen LogP contribution in [0.3, 0.4) is 0 Å². The zero-order chi connectivity index (χ0) is 23.5. The van der Waals surface area contributed by atoms with Crippen molar-refractivity contribution in [1.29, 1.82) is 0 Å². The van der Waals surface area contributed by atoms with Gasteiger partial charge in [0.15, 0.2) is 0 Å². The van der Waals surface area contributed by atoms with Crippen LogP contribution in [0.5, 0.6) is 11.5 Å². The van der Waals surface area contributed by atoms with Gasteiger partial charge in [0.25, 0.3) is 0 Å². The number of carbonyl (C=O) groups is 1. The summed E-state index contributed by atoms with van der Waals surface area (Å²) in [6, 6.07) is 29.6. The number of fused-ring (bicyclic) bond motifs is 3. The molecule has 170 valence electrons. The van der Waals surface area contributed by atoms with E-state index in [9.17, 15) is 4.79 Å². The van der Waals surface area contributed by atoms with Gasteiger partial charge in [-0.1, -0.05) is 48.5 Å². The first-order chi connectivity index (χ1) is 16.7. The van der Waals surface area contributed by atoms with Gasteiger partial charge >= 0.3 is 6.03 Å². The van der Waals surface area contributed by atoms with E-state index in [1.807, 2.05) is 24.3 Å². The number of nitrogens with zero attached hydrogens (tertiary/aromatic N) is 1. The lowest BCUT2D eigenvalue weighted by molar-refractivity contribution is 0.262. The zero-order valence-corrected chi connectivity index (χ0v) is 19.0.